The first kappa shape index (κ1) is 22.8. The Labute approximate surface area is 152 Å². The quantitative estimate of drug-likeness (QED) is 0.467. The molecule has 0 atom stereocenters. The molecule has 0 aromatic carbocycles. The van der Waals surface area contributed by atoms with Gasteiger partial charge in [0, 0.05) is 18.2 Å². The Morgan fingerprint density at radius 1 is 0.760 bits per heavy atom. The van der Waals surface area contributed by atoms with Crippen LogP contribution in [0.15, 0.2) is 0 Å². The average Bonchev–Trinajstić information content (AvgIpc) is 2.53. The maximum absolute atomic E-state index is 12.3. The number of methoxy groups -OCH3 is 1. The highest BCUT2D eigenvalue weighted by Gasteiger charge is 2.46. The first-order chi connectivity index (χ1) is 11.8. The zero-order chi connectivity index (χ0) is 18.8. The number of nitrogens with zero attached hydrogens (tertiary/aromatic N) is 1. The molecule has 25 heavy (non-hydrogen) atoms. The van der Waals surface area contributed by atoms with E-state index in [0.717, 1.165) is 12.8 Å². The van der Waals surface area contributed by atoms with Gasteiger partial charge in [-0.05, 0) is 40.5 Å². The molecule has 1 rings (SSSR count). The summed E-state index contributed by atoms with van der Waals surface area (Å²) in [5.41, 5.74) is -0.793. The SMILES string of the molecule is COCCOCCOCCOCCOC1CC(C)(C)N([O])C(C)(C)C1. The van der Waals surface area contributed by atoms with E-state index in [1.54, 1.807) is 7.11 Å². The van der Waals surface area contributed by atoms with Gasteiger partial charge in [0.25, 0.3) is 0 Å². The molecular weight excluding hydrogens is 326 g/mol. The molecule has 0 bridgehead atoms. The molecule has 149 valence electrons. The fraction of sp³-hybridized carbons (Fsp3) is 1.00. The highest BCUT2D eigenvalue weighted by Crippen LogP contribution is 2.38. The lowest BCUT2D eigenvalue weighted by Gasteiger charge is -2.49. The summed E-state index contributed by atoms with van der Waals surface area (Å²) in [7, 11) is 1.65. The third kappa shape index (κ3) is 8.77. The summed E-state index contributed by atoms with van der Waals surface area (Å²) < 4.78 is 27.0. The van der Waals surface area contributed by atoms with Gasteiger partial charge in [0.05, 0.1) is 59.0 Å². The van der Waals surface area contributed by atoms with Gasteiger partial charge in [-0.15, -0.1) is 10.3 Å². The first-order valence-corrected chi connectivity index (χ1v) is 9.11. The maximum atomic E-state index is 12.3. The Balaban J connectivity index is 2.00. The van der Waals surface area contributed by atoms with Gasteiger partial charge in [-0.3, -0.25) is 0 Å². The van der Waals surface area contributed by atoms with Crippen LogP contribution in [0.2, 0.25) is 0 Å². The molecule has 7 heteroatoms. The predicted octanol–water partition coefficient (Wildman–Crippen LogP) is 2.07. The summed E-state index contributed by atoms with van der Waals surface area (Å²) in [6, 6.07) is 0. The van der Waals surface area contributed by atoms with E-state index < -0.39 is 11.1 Å². The largest absolute Gasteiger partial charge is 0.382 e. The number of hydrogen-bond donors (Lipinski definition) is 0. The summed E-state index contributed by atoms with van der Waals surface area (Å²) in [5, 5.41) is 13.5. The zero-order valence-electron chi connectivity index (χ0n) is 16.5. The molecule has 1 fully saturated rings. The van der Waals surface area contributed by atoms with Gasteiger partial charge in [0.15, 0.2) is 0 Å². The molecule has 1 aliphatic heterocycles. The van der Waals surface area contributed by atoms with Crippen molar-refractivity contribution >= 4 is 0 Å². The lowest BCUT2D eigenvalue weighted by atomic mass is 9.80. The summed E-state index contributed by atoms with van der Waals surface area (Å²) in [5.74, 6) is 0. The first-order valence-electron chi connectivity index (χ1n) is 9.11. The maximum Gasteiger partial charge on any atom is 0.0704 e. The monoisotopic (exact) mass is 362 g/mol. The van der Waals surface area contributed by atoms with Gasteiger partial charge >= 0.3 is 0 Å². The van der Waals surface area contributed by atoms with Crippen LogP contribution in [0.4, 0.5) is 0 Å². The van der Waals surface area contributed by atoms with Gasteiger partial charge in [-0.25, -0.2) is 0 Å². The molecule has 0 N–H and O–H groups in total. The van der Waals surface area contributed by atoms with Crippen LogP contribution in [0.25, 0.3) is 0 Å². The molecule has 0 amide bonds. The highest BCUT2D eigenvalue weighted by molar-refractivity contribution is 4.96. The Morgan fingerprint density at radius 2 is 1.16 bits per heavy atom. The normalized spacial score (nSPS) is 20.9. The molecule has 1 heterocycles. The van der Waals surface area contributed by atoms with Crippen molar-refractivity contribution < 1.29 is 28.9 Å². The molecule has 0 unspecified atom stereocenters. The lowest BCUT2D eigenvalue weighted by molar-refractivity contribution is -0.301. The zero-order valence-corrected chi connectivity index (χ0v) is 16.5. The molecule has 1 aliphatic rings. The van der Waals surface area contributed by atoms with Crippen molar-refractivity contribution in [1.82, 2.24) is 5.06 Å². The summed E-state index contributed by atoms with van der Waals surface area (Å²) in [6.07, 6.45) is 1.58. The minimum atomic E-state index is -0.396. The van der Waals surface area contributed by atoms with Crippen LogP contribution in [0.1, 0.15) is 40.5 Å². The second-order valence-corrected chi connectivity index (χ2v) is 7.65. The fourth-order valence-electron chi connectivity index (χ4n) is 3.25. The molecule has 1 saturated heterocycles. The molecule has 7 nitrogen and oxygen atoms in total. The molecule has 1 radical (unpaired) electrons. The number of hydroxylamine groups is 2. The third-order valence-corrected chi connectivity index (χ3v) is 4.31. The number of ether oxygens (including phenoxy) is 5. The molecular formula is C18H36NO6. The Morgan fingerprint density at radius 3 is 1.60 bits per heavy atom. The van der Waals surface area contributed by atoms with Crippen LogP contribution >= 0.6 is 0 Å². The molecule has 0 saturated carbocycles. The van der Waals surface area contributed by atoms with Crippen LogP contribution in [-0.2, 0) is 28.9 Å². The van der Waals surface area contributed by atoms with Crippen molar-refractivity contribution in [3.63, 3.8) is 0 Å². The second-order valence-electron chi connectivity index (χ2n) is 7.65. The van der Waals surface area contributed by atoms with Crippen LogP contribution in [-0.4, -0.2) is 82.2 Å². The summed E-state index contributed by atoms with van der Waals surface area (Å²) in [6.45, 7) is 12.4. The predicted molar refractivity (Wildman–Crippen MR) is 94.0 cm³/mol. The molecule has 0 aliphatic carbocycles. The summed E-state index contributed by atoms with van der Waals surface area (Å²) >= 11 is 0. The van der Waals surface area contributed by atoms with Crippen molar-refractivity contribution in [1.29, 1.82) is 0 Å². The smallest absolute Gasteiger partial charge is 0.0704 e. The molecule has 0 aromatic heterocycles. The van der Waals surface area contributed by atoms with Gasteiger partial charge in [-0.1, -0.05) is 0 Å². The van der Waals surface area contributed by atoms with E-state index in [1.165, 1.54) is 5.06 Å². The van der Waals surface area contributed by atoms with E-state index in [1.807, 2.05) is 27.7 Å². The topological polar surface area (TPSA) is 69.3 Å². The van der Waals surface area contributed by atoms with E-state index in [0.29, 0.717) is 52.9 Å². The van der Waals surface area contributed by atoms with Gasteiger partial charge < -0.3 is 23.7 Å². The van der Waals surface area contributed by atoms with Gasteiger partial charge in [-0.2, -0.15) is 0 Å². The highest BCUT2D eigenvalue weighted by atomic mass is 16.6. The van der Waals surface area contributed by atoms with Crippen LogP contribution < -0.4 is 0 Å². The van der Waals surface area contributed by atoms with Gasteiger partial charge in [0.1, 0.15) is 0 Å². The number of rotatable bonds is 13. The summed E-state index contributed by atoms with van der Waals surface area (Å²) in [4.78, 5) is 0. The second kappa shape index (κ2) is 11.4. The molecule has 0 spiro atoms. The van der Waals surface area contributed by atoms with E-state index in [4.69, 9.17) is 23.7 Å². The van der Waals surface area contributed by atoms with Gasteiger partial charge in [0.2, 0.25) is 0 Å². The van der Waals surface area contributed by atoms with Crippen LogP contribution in [0.5, 0.6) is 0 Å². The Bertz CT molecular complexity index is 332. The van der Waals surface area contributed by atoms with Crippen molar-refractivity contribution in [2.24, 2.45) is 0 Å². The minimum absolute atomic E-state index is 0.0966. The van der Waals surface area contributed by atoms with Crippen LogP contribution in [0.3, 0.4) is 0 Å². The number of hydrogen-bond acceptors (Lipinski definition) is 6. The van der Waals surface area contributed by atoms with E-state index in [-0.39, 0.29) is 6.10 Å². The standard InChI is InChI=1S/C18H36NO6/c1-17(2)14-16(15-18(3,4)19(17)20)25-13-12-24-11-10-23-9-8-22-7-6-21-5/h16H,6-15H2,1-5H3. The minimum Gasteiger partial charge on any atom is -0.382 e. The van der Waals surface area contributed by atoms with E-state index in [9.17, 15) is 5.21 Å². The Kier molecular flexibility index (Phi) is 10.4. The van der Waals surface area contributed by atoms with Crippen molar-refractivity contribution in [2.45, 2.75) is 57.7 Å². The van der Waals surface area contributed by atoms with Crippen molar-refractivity contribution in [3.05, 3.63) is 0 Å². The fourth-order valence-corrected chi connectivity index (χ4v) is 3.25. The van der Waals surface area contributed by atoms with Crippen molar-refractivity contribution in [3.8, 4) is 0 Å². The van der Waals surface area contributed by atoms with Crippen LogP contribution in [0, 0.1) is 0 Å². The van der Waals surface area contributed by atoms with E-state index >= 15 is 0 Å². The average molecular weight is 362 g/mol. The number of piperidine rings is 1. The lowest BCUT2D eigenvalue weighted by Crippen LogP contribution is -2.59. The Hall–Kier alpha value is -0.280. The van der Waals surface area contributed by atoms with E-state index in [2.05, 4.69) is 0 Å². The van der Waals surface area contributed by atoms with Crippen molar-refractivity contribution in [2.75, 3.05) is 60.0 Å². The molecule has 0 aromatic rings. The third-order valence-electron chi connectivity index (χ3n) is 4.31.